The lowest BCUT2D eigenvalue weighted by Crippen LogP contribution is -2.41. The SMILES string of the molecule is COc1ccc(S(=O)(=O)N[C@@H](C)C(=O)Nc2ccc3c(c2)OCO3)cc1Cl. The summed E-state index contributed by atoms with van der Waals surface area (Å²) in [7, 11) is -2.52. The van der Waals surface area contributed by atoms with Gasteiger partial charge in [0.2, 0.25) is 22.7 Å². The van der Waals surface area contributed by atoms with Gasteiger partial charge in [-0.2, -0.15) is 4.72 Å². The fourth-order valence-corrected chi connectivity index (χ4v) is 3.94. The molecule has 0 saturated carbocycles. The number of halogens is 1. The molecule has 8 nitrogen and oxygen atoms in total. The molecule has 0 radical (unpaired) electrons. The zero-order chi connectivity index (χ0) is 19.6. The smallest absolute Gasteiger partial charge is 0.242 e. The van der Waals surface area contributed by atoms with Gasteiger partial charge in [-0.1, -0.05) is 11.6 Å². The number of fused-ring (bicyclic) bond motifs is 1. The Hall–Kier alpha value is -2.49. The van der Waals surface area contributed by atoms with Crippen LogP contribution in [-0.2, 0) is 14.8 Å². The molecule has 1 aliphatic heterocycles. The molecule has 0 aliphatic carbocycles. The number of ether oxygens (including phenoxy) is 3. The first-order valence-electron chi connectivity index (χ1n) is 7.86. The Labute approximate surface area is 161 Å². The van der Waals surface area contributed by atoms with E-state index in [0.717, 1.165) is 0 Å². The van der Waals surface area contributed by atoms with Crippen molar-refractivity contribution in [3.63, 3.8) is 0 Å². The topological polar surface area (TPSA) is 103 Å². The van der Waals surface area contributed by atoms with Crippen LogP contribution in [0.2, 0.25) is 5.02 Å². The van der Waals surface area contributed by atoms with Crippen LogP contribution in [0.5, 0.6) is 17.2 Å². The Balaban J connectivity index is 1.69. The molecule has 144 valence electrons. The summed E-state index contributed by atoms with van der Waals surface area (Å²) >= 11 is 5.97. The van der Waals surface area contributed by atoms with Gasteiger partial charge in [0.25, 0.3) is 0 Å². The molecule has 2 aromatic carbocycles. The van der Waals surface area contributed by atoms with Crippen molar-refractivity contribution in [2.24, 2.45) is 0 Å². The van der Waals surface area contributed by atoms with Gasteiger partial charge in [-0.05, 0) is 37.3 Å². The van der Waals surface area contributed by atoms with Gasteiger partial charge < -0.3 is 19.5 Å². The number of hydrogen-bond donors (Lipinski definition) is 2. The fourth-order valence-electron chi connectivity index (χ4n) is 2.39. The lowest BCUT2D eigenvalue weighted by atomic mass is 10.2. The van der Waals surface area contributed by atoms with Crippen LogP contribution in [0.1, 0.15) is 6.92 Å². The summed E-state index contributed by atoms with van der Waals surface area (Å²) < 4.78 is 42.7. The quantitative estimate of drug-likeness (QED) is 0.755. The van der Waals surface area contributed by atoms with Crippen molar-refractivity contribution in [3.05, 3.63) is 41.4 Å². The van der Waals surface area contributed by atoms with Crippen LogP contribution in [-0.4, -0.2) is 34.3 Å². The minimum absolute atomic E-state index is 0.0731. The molecule has 0 spiro atoms. The van der Waals surface area contributed by atoms with Gasteiger partial charge >= 0.3 is 0 Å². The lowest BCUT2D eigenvalue weighted by Gasteiger charge is -2.15. The molecule has 0 fully saturated rings. The average molecular weight is 413 g/mol. The zero-order valence-corrected chi connectivity index (χ0v) is 16.1. The Kier molecular flexibility index (Phi) is 5.45. The molecule has 2 aromatic rings. The summed E-state index contributed by atoms with van der Waals surface area (Å²) in [6, 6.07) is 7.91. The molecule has 0 saturated heterocycles. The van der Waals surface area contributed by atoms with Gasteiger partial charge in [-0.3, -0.25) is 4.79 Å². The van der Waals surface area contributed by atoms with Gasteiger partial charge in [0.15, 0.2) is 11.5 Å². The summed E-state index contributed by atoms with van der Waals surface area (Å²) in [5.74, 6) is 0.910. The molecule has 1 atom stereocenters. The number of sulfonamides is 1. The Morgan fingerprint density at radius 2 is 1.93 bits per heavy atom. The second kappa shape index (κ2) is 7.63. The second-order valence-corrected chi connectivity index (χ2v) is 7.82. The maximum atomic E-state index is 12.5. The number of carbonyl (C=O) groups excluding carboxylic acids is 1. The van der Waals surface area contributed by atoms with Crippen molar-refractivity contribution in [1.82, 2.24) is 4.72 Å². The van der Waals surface area contributed by atoms with Crippen LogP contribution in [0.15, 0.2) is 41.3 Å². The van der Waals surface area contributed by atoms with Crippen molar-refractivity contribution in [3.8, 4) is 17.2 Å². The molecule has 1 amide bonds. The molecule has 1 heterocycles. The highest BCUT2D eigenvalue weighted by molar-refractivity contribution is 7.89. The normalized spacial score (nSPS) is 13.9. The van der Waals surface area contributed by atoms with E-state index in [1.54, 1.807) is 18.2 Å². The number of anilines is 1. The first-order valence-corrected chi connectivity index (χ1v) is 9.72. The molecule has 0 aromatic heterocycles. The van der Waals surface area contributed by atoms with Crippen LogP contribution < -0.4 is 24.2 Å². The van der Waals surface area contributed by atoms with Crippen LogP contribution in [0.3, 0.4) is 0 Å². The first kappa shape index (κ1) is 19.3. The predicted molar refractivity (Wildman–Crippen MR) is 99.0 cm³/mol. The van der Waals surface area contributed by atoms with Crippen molar-refractivity contribution in [2.45, 2.75) is 17.9 Å². The van der Waals surface area contributed by atoms with Gasteiger partial charge in [0.1, 0.15) is 5.75 Å². The summed E-state index contributed by atoms with van der Waals surface area (Å²) in [6.45, 7) is 1.55. The zero-order valence-electron chi connectivity index (χ0n) is 14.5. The number of rotatable bonds is 6. The summed E-state index contributed by atoms with van der Waals surface area (Å²) in [4.78, 5) is 12.3. The lowest BCUT2D eigenvalue weighted by molar-refractivity contribution is -0.117. The van der Waals surface area contributed by atoms with E-state index in [1.165, 1.54) is 32.2 Å². The molecule has 0 unspecified atom stereocenters. The number of amides is 1. The van der Waals surface area contributed by atoms with Crippen LogP contribution in [0, 0.1) is 0 Å². The first-order chi connectivity index (χ1) is 12.8. The maximum Gasteiger partial charge on any atom is 0.242 e. The summed E-state index contributed by atoms with van der Waals surface area (Å²) in [5.41, 5.74) is 0.461. The Morgan fingerprint density at radius 3 is 2.63 bits per heavy atom. The number of carbonyl (C=O) groups is 1. The Bertz CT molecular complexity index is 979. The van der Waals surface area contributed by atoms with Gasteiger partial charge in [0, 0.05) is 11.8 Å². The standard InChI is InChI=1S/C17H17ClN2O6S/c1-10(17(21)19-11-3-5-15-16(7-11)26-9-25-15)20-27(22,23)12-4-6-14(24-2)13(18)8-12/h3-8,10,20H,9H2,1-2H3,(H,19,21)/t10-/m0/s1. The van der Waals surface area contributed by atoms with Crippen LogP contribution in [0.4, 0.5) is 5.69 Å². The van der Waals surface area contributed by atoms with Crippen molar-refractivity contribution >= 4 is 33.2 Å². The van der Waals surface area contributed by atoms with Crippen LogP contribution >= 0.6 is 11.6 Å². The summed E-state index contributed by atoms with van der Waals surface area (Å²) in [6.07, 6.45) is 0. The number of nitrogens with one attached hydrogen (secondary N) is 2. The van der Waals surface area contributed by atoms with Crippen molar-refractivity contribution in [2.75, 3.05) is 19.2 Å². The van der Waals surface area contributed by atoms with E-state index < -0.39 is 22.0 Å². The summed E-state index contributed by atoms with van der Waals surface area (Å²) in [5, 5.41) is 2.78. The molecular weight excluding hydrogens is 396 g/mol. The van der Waals surface area contributed by atoms with Crippen molar-refractivity contribution < 1.29 is 27.4 Å². The van der Waals surface area contributed by atoms with E-state index in [9.17, 15) is 13.2 Å². The maximum absolute atomic E-state index is 12.5. The third-order valence-electron chi connectivity index (χ3n) is 3.80. The van der Waals surface area contributed by atoms with Crippen LogP contribution in [0.25, 0.3) is 0 Å². The van der Waals surface area contributed by atoms with E-state index in [-0.39, 0.29) is 16.7 Å². The molecular formula is C17H17ClN2O6S. The molecule has 1 aliphatic rings. The predicted octanol–water partition coefficient (Wildman–Crippen LogP) is 2.38. The van der Waals surface area contributed by atoms with E-state index in [0.29, 0.717) is 22.9 Å². The third-order valence-corrected chi connectivity index (χ3v) is 5.63. The van der Waals surface area contributed by atoms with E-state index >= 15 is 0 Å². The third kappa shape index (κ3) is 4.26. The highest BCUT2D eigenvalue weighted by Gasteiger charge is 2.23. The largest absolute Gasteiger partial charge is 0.495 e. The number of benzene rings is 2. The monoisotopic (exact) mass is 412 g/mol. The average Bonchev–Trinajstić information content (AvgIpc) is 3.09. The van der Waals surface area contributed by atoms with E-state index in [4.69, 9.17) is 25.8 Å². The van der Waals surface area contributed by atoms with Gasteiger partial charge in [-0.15, -0.1) is 0 Å². The number of hydrogen-bond acceptors (Lipinski definition) is 6. The molecule has 2 N–H and O–H groups in total. The van der Waals surface area contributed by atoms with Gasteiger partial charge in [0.05, 0.1) is 23.1 Å². The van der Waals surface area contributed by atoms with E-state index in [1.807, 2.05) is 0 Å². The highest BCUT2D eigenvalue weighted by atomic mass is 35.5. The highest BCUT2D eigenvalue weighted by Crippen LogP contribution is 2.34. The molecule has 10 heteroatoms. The Morgan fingerprint density at radius 1 is 1.19 bits per heavy atom. The molecule has 3 rings (SSSR count). The molecule has 27 heavy (non-hydrogen) atoms. The minimum Gasteiger partial charge on any atom is -0.495 e. The molecule has 0 bridgehead atoms. The second-order valence-electron chi connectivity index (χ2n) is 5.70. The van der Waals surface area contributed by atoms with Gasteiger partial charge in [-0.25, -0.2) is 8.42 Å². The van der Waals surface area contributed by atoms with E-state index in [2.05, 4.69) is 10.0 Å². The number of methoxy groups -OCH3 is 1. The minimum atomic E-state index is -3.95. The fraction of sp³-hybridized carbons (Fsp3) is 0.235. The van der Waals surface area contributed by atoms with Crippen molar-refractivity contribution in [1.29, 1.82) is 0 Å².